The lowest BCUT2D eigenvalue weighted by atomic mass is 9.91. The van der Waals surface area contributed by atoms with Gasteiger partial charge in [-0.2, -0.15) is 0 Å². The first-order valence-corrected chi connectivity index (χ1v) is 15.5. The predicted octanol–water partition coefficient (Wildman–Crippen LogP) is 4.94. The minimum Gasteiger partial charge on any atom is -0.391 e. The normalized spacial score (nSPS) is 24.4. The summed E-state index contributed by atoms with van der Waals surface area (Å²) in [5, 5.41) is 17.7. The number of aliphatic hydroxyl groups excluding tert-OH is 1. The largest absolute Gasteiger partial charge is 0.391 e. The molecule has 2 bridgehead atoms. The number of rotatable bonds is 10. The molecule has 41 heavy (non-hydrogen) atoms. The summed E-state index contributed by atoms with van der Waals surface area (Å²) >= 11 is 0. The van der Waals surface area contributed by atoms with Gasteiger partial charge in [-0.1, -0.05) is 50.1 Å². The molecule has 7 heteroatoms. The second-order valence-electron chi connectivity index (χ2n) is 12.7. The molecule has 3 aliphatic rings. The minimum atomic E-state index is -0.906. The first kappa shape index (κ1) is 29.3. The highest BCUT2D eigenvalue weighted by atomic mass is 16.3. The van der Waals surface area contributed by atoms with Gasteiger partial charge < -0.3 is 20.6 Å². The Bertz CT molecular complexity index is 1230. The van der Waals surface area contributed by atoms with Gasteiger partial charge in [0.05, 0.1) is 12.1 Å². The summed E-state index contributed by atoms with van der Waals surface area (Å²) in [6, 6.07) is 15.0. The smallest absolute Gasteiger partial charge is 0.251 e. The number of anilines is 1. The van der Waals surface area contributed by atoms with Crippen LogP contribution in [0.25, 0.3) is 0 Å². The zero-order chi connectivity index (χ0) is 28.9. The van der Waals surface area contributed by atoms with Gasteiger partial charge in [0, 0.05) is 36.2 Å². The molecule has 6 atom stereocenters. The zero-order valence-electron chi connectivity index (χ0n) is 24.5. The SMILES string of the molecule is Cc1cc(C(=O)N[C@@H](Cc2ccccc2)C(O)CC(C)C(=O)NC2CC3CCC2C3)cc(N2CCCCCC2=O)c1. The fraction of sp³-hybridized carbons (Fsp3) is 0.559. The molecule has 3 amide bonds. The van der Waals surface area contributed by atoms with Crippen LogP contribution >= 0.6 is 0 Å². The van der Waals surface area contributed by atoms with E-state index in [1.807, 2.05) is 56.3 Å². The molecule has 5 unspecified atom stereocenters. The highest BCUT2D eigenvalue weighted by Crippen LogP contribution is 2.44. The summed E-state index contributed by atoms with van der Waals surface area (Å²) in [6.07, 6.45) is 7.95. The molecule has 1 saturated heterocycles. The van der Waals surface area contributed by atoms with Crippen molar-refractivity contribution in [2.45, 2.75) is 96.2 Å². The summed E-state index contributed by atoms with van der Waals surface area (Å²) in [5.41, 5.74) is 3.10. The van der Waals surface area contributed by atoms with E-state index in [4.69, 9.17) is 0 Å². The summed E-state index contributed by atoms with van der Waals surface area (Å²) in [7, 11) is 0. The number of fused-ring (bicyclic) bond motifs is 2. The summed E-state index contributed by atoms with van der Waals surface area (Å²) in [6.45, 7) is 4.44. The van der Waals surface area contributed by atoms with Crippen LogP contribution in [0.15, 0.2) is 48.5 Å². The van der Waals surface area contributed by atoms with Crippen LogP contribution in [0, 0.1) is 24.7 Å². The Balaban J connectivity index is 1.28. The van der Waals surface area contributed by atoms with Gasteiger partial charge in [0.25, 0.3) is 5.91 Å². The molecule has 7 nitrogen and oxygen atoms in total. The zero-order valence-corrected chi connectivity index (χ0v) is 24.5. The molecule has 1 aliphatic heterocycles. The van der Waals surface area contributed by atoms with Crippen LogP contribution in [0.5, 0.6) is 0 Å². The number of carbonyl (C=O) groups is 3. The first-order valence-electron chi connectivity index (χ1n) is 15.5. The fourth-order valence-corrected chi connectivity index (χ4v) is 7.09. The van der Waals surface area contributed by atoms with Crippen molar-refractivity contribution < 1.29 is 19.5 Å². The maximum Gasteiger partial charge on any atom is 0.251 e. The molecule has 2 saturated carbocycles. The monoisotopic (exact) mass is 559 g/mol. The topological polar surface area (TPSA) is 98.7 Å². The summed E-state index contributed by atoms with van der Waals surface area (Å²) < 4.78 is 0. The van der Waals surface area contributed by atoms with Crippen LogP contribution in [-0.2, 0) is 16.0 Å². The molecule has 2 aliphatic carbocycles. The van der Waals surface area contributed by atoms with E-state index in [-0.39, 0.29) is 36.1 Å². The summed E-state index contributed by atoms with van der Waals surface area (Å²) in [4.78, 5) is 41.2. The van der Waals surface area contributed by atoms with Gasteiger partial charge in [0.2, 0.25) is 11.8 Å². The first-order chi connectivity index (χ1) is 19.8. The van der Waals surface area contributed by atoms with Crippen LogP contribution in [0.4, 0.5) is 5.69 Å². The molecule has 220 valence electrons. The standard InChI is InChI=1S/C34H45N3O4/c1-22-15-27(21-28(16-22)37-14-8-4-7-11-32(37)39)34(41)36-30(19-24-9-5-3-6-10-24)31(38)17-23(2)33(40)35-29-20-25-12-13-26(29)18-25/h3,5-6,9-10,15-16,21,23,25-26,29-31,38H,4,7-8,11-14,17-20H2,1-2H3,(H,35,40)(H,36,41)/t23?,25?,26?,29?,30-,31?/m0/s1. The average Bonchev–Trinajstić information content (AvgIpc) is 3.51. The van der Waals surface area contributed by atoms with Crippen molar-refractivity contribution in [1.82, 2.24) is 10.6 Å². The van der Waals surface area contributed by atoms with Crippen LogP contribution < -0.4 is 15.5 Å². The van der Waals surface area contributed by atoms with E-state index in [0.717, 1.165) is 48.4 Å². The number of hydrogen-bond donors (Lipinski definition) is 3. The lowest BCUT2D eigenvalue weighted by molar-refractivity contribution is -0.126. The second kappa shape index (κ2) is 13.2. The Kier molecular flexibility index (Phi) is 9.43. The van der Waals surface area contributed by atoms with Crippen molar-refractivity contribution in [2.24, 2.45) is 17.8 Å². The van der Waals surface area contributed by atoms with Gasteiger partial charge in [-0.3, -0.25) is 14.4 Å². The van der Waals surface area contributed by atoms with Crippen LogP contribution in [0.3, 0.4) is 0 Å². The van der Waals surface area contributed by atoms with Crippen molar-refractivity contribution in [3.8, 4) is 0 Å². The molecule has 3 N–H and O–H groups in total. The lowest BCUT2D eigenvalue weighted by Gasteiger charge is -2.28. The minimum absolute atomic E-state index is 0.0168. The molecule has 0 spiro atoms. The third kappa shape index (κ3) is 7.37. The van der Waals surface area contributed by atoms with Gasteiger partial charge in [0.1, 0.15) is 0 Å². The van der Waals surface area contributed by atoms with Crippen LogP contribution in [0.2, 0.25) is 0 Å². The number of hydrogen-bond acceptors (Lipinski definition) is 4. The Hall–Kier alpha value is -3.19. The maximum absolute atomic E-state index is 13.6. The van der Waals surface area contributed by atoms with E-state index in [0.29, 0.717) is 30.9 Å². The molecule has 5 rings (SSSR count). The van der Waals surface area contributed by atoms with Crippen LogP contribution in [-0.4, -0.2) is 47.6 Å². The lowest BCUT2D eigenvalue weighted by Crippen LogP contribution is -2.47. The number of nitrogens with one attached hydrogen (secondary N) is 2. The number of carbonyl (C=O) groups excluding carboxylic acids is 3. The van der Waals surface area contributed by atoms with E-state index >= 15 is 0 Å². The second-order valence-corrected chi connectivity index (χ2v) is 12.7. The molecule has 0 radical (unpaired) electrons. The molecule has 3 fully saturated rings. The fourth-order valence-electron chi connectivity index (χ4n) is 7.09. The van der Waals surface area contributed by atoms with Crippen molar-refractivity contribution >= 4 is 23.4 Å². The highest BCUT2D eigenvalue weighted by molar-refractivity contribution is 5.98. The number of benzene rings is 2. The van der Waals surface area contributed by atoms with E-state index in [1.165, 1.54) is 19.3 Å². The van der Waals surface area contributed by atoms with E-state index in [9.17, 15) is 19.5 Å². The van der Waals surface area contributed by atoms with Crippen molar-refractivity contribution in [2.75, 3.05) is 11.4 Å². The molecular formula is C34H45N3O4. The third-order valence-electron chi connectivity index (χ3n) is 9.40. The molecule has 2 aromatic rings. The van der Waals surface area contributed by atoms with E-state index in [2.05, 4.69) is 10.6 Å². The molecule has 0 aromatic heterocycles. The highest BCUT2D eigenvalue weighted by Gasteiger charge is 2.40. The van der Waals surface area contributed by atoms with Crippen molar-refractivity contribution in [1.29, 1.82) is 0 Å². The quantitative estimate of drug-likeness (QED) is 0.384. The van der Waals surface area contributed by atoms with Crippen LogP contribution in [0.1, 0.15) is 86.2 Å². The third-order valence-corrected chi connectivity index (χ3v) is 9.40. The van der Waals surface area contributed by atoms with Crippen molar-refractivity contribution in [3.05, 3.63) is 65.2 Å². The van der Waals surface area contributed by atoms with Gasteiger partial charge in [-0.05, 0) is 93.0 Å². The van der Waals surface area contributed by atoms with Crippen molar-refractivity contribution in [3.63, 3.8) is 0 Å². The molecule has 1 heterocycles. The maximum atomic E-state index is 13.6. The predicted molar refractivity (Wildman–Crippen MR) is 161 cm³/mol. The van der Waals surface area contributed by atoms with Gasteiger partial charge in [-0.15, -0.1) is 0 Å². The number of aliphatic hydroxyl groups is 1. The number of amides is 3. The molecular weight excluding hydrogens is 514 g/mol. The number of aryl methyl sites for hydroxylation is 1. The van der Waals surface area contributed by atoms with Gasteiger partial charge in [-0.25, -0.2) is 0 Å². The van der Waals surface area contributed by atoms with Gasteiger partial charge in [0.15, 0.2) is 0 Å². The van der Waals surface area contributed by atoms with Gasteiger partial charge >= 0.3 is 0 Å². The summed E-state index contributed by atoms with van der Waals surface area (Å²) in [5.74, 6) is 0.743. The number of nitrogens with zero attached hydrogens (tertiary/aromatic N) is 1. The van der Waals surface area contributed by atoms with E-state index < -0.39 is 12.1 Å². The molecule has 2 aromatic carbocycles. The average molecular weight is 560 g/mol. The Labute approximate surface area is 244 Å². The Morgan fingerprint density at radius 2 is 1.85 bits per heavy atom. The Morgan fingerprint density at radius 1 is 1.05 bits per heavy atom. The van der Waals surface area contributed by atoms with E-state index in [1.54, 1.807) is 11.0 Å². The Morgan fingerprint density at radius 3 is 2.59 bits per heavy atom.